The van der Waals surface area contributed by atoms with Crippen molar-refractivity contribution >= 4 is 23.8 Å². The topological polar surface area (TPSA) is 186 Å². The second-order valence-corrected chi connectivity index (χ2v) is 10.4. The fourth-order valence-electron chi connectivity index (χ4n) is 5.29. The molecule has 0 spiro atoms. The second kappa shape index (κ2) is 10.2. The molecule has 12 heteroatoms. The lowest BCUT2D eigenvalue weighted by atomic mass is 9.50. The van der Waals surface area contributed by atoms with Gasteiger partial charge in [-0.05, 0) is 50.5 Å². The van der Waals surface area contributed by atoms with Crippen molar-refractivity contribution in [1.82, 2.24) is 25.3 Å². The summed E-state index contributed by atoms with van der Waals surface area (Å²) in [7, 11) is 0. The van der Waals surface area contributed by atoms with E-state index < -0.39 is 5.91 Å². The Balaban J connectivity index is 0.000000295. The molecule has 2 aromatic heterocycles. The SMILES string of the molecule is N#C[C@@H]1C[C@@H]1COc1nccc(N2CCC(c3ncc(N)c(C(N)=O)n3)CC2)n1.O=CNC12CC(C1)C2. The summed E-state index contributed by atoms with van der Waals surface area (Å²) in [4.78, 5) is 40.8. The summed E-state index contributed by atoms with van der Waals surface area (Å²) in [5.74, 6) is 2.22. The van der Waals surface area contributed by atoms with Crippen molar-refractivity contribution in [2.75, 3.05) is 30.3 Å². The van der Waals surface area contributed by atoms with E-state index in [0.717, 1.165) is 50.5 Å². The molecule has 2 amide bonds. The van der Waals surface area contributed by atoms with Gasteiger partial charge in [0, 0.05) is 36.7 Å². The van der Waals surface area contributed by atoms with E-state index in [1.807, 2.05) is 6.07 Å². The number of piperidine rings is 1. The summed E-state index contributed by atoms with van der Waals surface area (Å²) in [6.07, 6.45) is 10.2. The molecule has 4 aliphatic carbocycles. The number of hydrogen-bond acceptors (Lipinski definition) is 10. The molecule has 2 aromatic rings. The minimum Gasteiger partial charge on any atom is -0.463 e. The van der Waals surface area contributed by atoms with Crippen LogP contribution < -0.4 is 26.4 Å². The number of nitrogens with two attached hydrogens (primary N) is 2. The number of nitriles is 1. The molecule has 1 saturated heterocycles. The molecular formula is C25H31N9O3. The Morgan fingerprint density at radius 2 is 2.03 bits per heavy atom. The number of rotatable bonds is 8. The maximum atomic E-state index is 11.5. The molecule has 0 radical (unpaired) electrons. The summed E-state index contributed by atoms with van der Waals surface area (Å²) in [6.45, 7) is 2.00. The first kappa shape index (κ1) is 24.7. The third-order valence-corrected chi connectivity index (χ3v) is 7.79. The third-order valence-electron chi connectivity index (χ3n) is 7.79. The van der Waals surface area contributed by atoms with E-state index in [9.17, 15) is 9.59 Å². The summed E-state index contributed by atoms with van der Waals surface area (Å²) in [6, 6.07) is 4.44. The monoisotopic (exact) mass is 505 g/mol. The number of carbonyl (C=O) groups excluding carboxylic acids is 2. The average molecular weight is 506 g/mol. The number of nitrogen functional groups attached to an aromatic ring is 1. The fraction of sp³-hybridized carbons (Fsp3) is 0.560. The molecule has 2 atom stereocenters. The van der Waals surface area contributed by atoms with E-state index in [-0.39, 0.29) is 29.1 Å². The summed E-state index contributed by atoms with van der Waals surface area (Å²) < 4.78 is 5.66. The minimum absolute atomic E-state index is 0.0734. The van der Waals surface area contributed by atoms with Gasteiger partial charge in [0.15, 0.2) is 5.69 Å². The van der Waals surface area contributed by atoms with E-state index in [4.69, 9.17) is 21.5 Å². The Kier molecular flexibility index (Phi) is 6.78. The Morgan fingerprint density at radius 1 is 1.27 bits per heavy atom. The molecule has 0 aromatic carbocycles. The van der Waals surface area contributed by atoms with Crippen LogP contribution in [0, 0.1) is 29.1 Å². The predicted molar refractivity (Wildman–Crippen MR) is 133 cm³/mol. The van der Waals surface area contributed by atoms with Crippen molar-refractivity contribution in [3.8, 4) is 12.1 Å². The van der Waals surface area contributed by atoms with Gasteiger partial charge in [-0.2, -0.15) is 10.2 Å². The molecule has 5 fully saturated rings. The van der Waals surface area contributed by atoms with Crippen molar-refractivity contribution in [2.45, 2.75) is 50.0 Å². The lowest BCUT2D eigenvalue weighted by molar-refractivity contribution is -0.120. The largest absolute Gasteiger partial charge is 0.463 e. The van der Waals surface area contributed by atoms with Crippen LogP contribution in [0.2, 0.25) is 0 Å². The number of hydrogen-bond donors (Lipinski definition) is 3. The van der Waals surface area contributed by atoms with Crippen LogP contribution in [-0.2, 0) is 4.79 Å². The van der Waals surface area contributed by atoms with Gasteiger partial charge in [0.25, 0.3) is 5.91 Å². The van der Waals surface area contributed by atoms with Crippen LogP contribution in [0.4, 0.5) is 11.5 Å². The maximum absolute atomic E-state index is 11.5. The molecule has 3 heterocycles. The molecule has 1 aliphatic heterocycles. The Hall–Kier alpha value is -4.01. The maximum Gasteiger partial charge on any atom is 0.318 e. The Bertz CT molecular complexity index is 1190. The molecule has 5 N–H and O–H groups in total. The summed E-state index contributed by atoms with van der Waals surface area (Å²) in [5, 5.41) is 11.7. The Morgan fingerprint density at radius 3 is 2.59 bits per heavy atom. The average Bonchev–Trinajstić information content (AvgIpc) is 3.64. The van der Waals surface area contributed by atoms with E-state index in [1.54, 1.807) is 6.20 Å². The summed E-state index contributed by atoms with van der Waals surface area (Å²) >= 11 is 0. The summed E-state index contributed by atoms with van der Waals surface area (Å²) in [5.41, 5.74) is 11.6. The molecule has 2 bridgehead atoms. The molecule has 0 unspecified atom stereocenters. The first-order valence-corrected chi connectivity index (χ1v) is 12.6. The second-order valence-electron chi connectivity index (χ2n) is 10.4. The van der Waals surface area contributed by atoms with E-state index in [2.05, 4.69) is 36.2 Å². The van der Waals surface area contributed by atoms with Crippen LogP contribution in [0.1, 0.15) is 60.8 Å². The number of nitrogens with one attached hydrogen (secondary N) is 1. The highest BCUT2D eigenvalue weighted by atomic mass is 16.5. The van der Waals surface area contributed by atoms with Gasteiger partial charge in [0.2, 0.25) is 6.41 Å². The number of amides is 2. The standard InChI is InChI=1S/C19H22N8O2.C6H9NO/c20-8-12-7-13(12)10-29-19-23-4-1-15(25-19)27-5-2-11(3-6-27)18-24-9-14(21)16(26-18)17(22)28;8-4-7-6-1-5(2-6)3-6/h1,4,9,11-13H,2-3,5-7,10,21H2,(H2,22,28);4-5H,1-3H2,(H,7,8)/t12-,13+;/m0./s1. The zero-order valence-electron chi connectivity index (χ0n) is 20.5. The number of aromatic nitrogens is 4. The highest BCUT2D eigenvalue weighted by molar-refractivity contribution is 5.95. The van der Waals surface area contributed by atoms with Crippen LogP contribution in [0.25, 0.3) is 0 Å². The quantitative estimate of drug-likeness (QED) is 0.439. The zero-order valence-corrected chi connectivity index (χ0v) is 20.5. The first-order valence-electron chi connectivity index (χ1n) is 12.6. The number of ether oxygens (including phenoxy) is 1. The zero-order chi connectivity index (χ0) is 26.0. The van der Waals surface area contributed by atoms with Gasteiger partial charge >= 0.3 is 6.01 Å². The van der Waals surface area contributed by atoms with Crippen molar-refractivity contribution in [2.24, 2.45) is 23.5 Å². The van der Waals surface area contributed by atoms with Crippen molar-refractivity contribution < 1.29 is 14.3 Å². The van der Waals surface area contributed by atoms with Crippen molar-refractivity contribution in [3.05, 3.63) is 30.0 Å². The van der Waals surface area contributed by atoms with Gasteiger partial charge < -0.3 is 26.4 Å². The number of primary amides is 1. The molecule has 194 valence electrons. The Labute approximate surface area is 214 Å². The van der Waals surface area contributed by atoms with Gasteiger partial charge in [-0.15, -0.1) is 0 Å². The molecule has 12 nitrogen and oxygen atoms in total. The molecule has 4 saturated carbocycles. The number of anilines is 2. The lowest BCUT2D eigenvalue weighted by Gasteiger charge is -2.61. The smallest absolute Gasteiger partial charge is 0.318 e. The normalized spacial score (nSPS) is 27.3. The van der Waals surface area contributed by atoms with Gasteiger partial charge in [-0.1, -0.05) is 0 Å². The van der Waals surface area contributed by atoms with Gasteiger partial charge in [0.05, 0.1) is 30.5 Å². The van der Waals surface area contributed by atoms with Gasteiger partial charge in [0.1, 0.15) is 11.6 Å². The molecule has 7 rings (SSSR count). The highest BCUT2D eigenvalue weighted by Gasteiger charge is 2.56. The molecular weight excluding hydrogens is 474 g/mol. The lowest BCUT2D eigenvalue weighted by Crippen LogP contribution is -2.66. The fourth-order valence-corrected chi connectivity index (χ4v) is 5.29. The van der Waals surface area contributed by atoms with Crippen LogP contribution in [0.5, 0.6) is 6.01 Å². The molecule has 5 aliphatic rings. The van der Waals surface area contributed by atoms with Crippen molar-refractivity contribution in [3.63, 3.8) is 0 Å². The van der Waals surface area contributed by atoms with Crippen LogP contribution in [0.3, 0.4) is 0 Å². The first-order chi connectivity index (χ1) is 17.9. The van der Waals surface area contributed by atoms with Gasteiger partial charge in [-0.25, -0.2) is 15.0 Å². The minimum atomic E-state index is -0.649. The third kappa shape index (κ3) is 5.40. The van der Waals surface area contributed by atoms with E-state index >= 15 is 0 Å². The van der Waals surface area contributed by atoms with Crippen LogP contribution in [-0.4, -0.2) is 57.5 Å². The number of nitrogens with zero attached hydrogens (tertiary/aromatic N) is 6. The highest BCUT2D eigenvalue weighted by Crippen LogP contribution is 2.56. The van der Waals surface area contributed by atoms with Gasteiger partial charge in [-0.3, -0.25) is 9.59 Å². The predicted octanol–water partition coefficient (Wildman–Crippen LogP) is 1.16. The number of carbonyl (C=O) groups is 2. The van der Waals surface area contributed by atoms with E-state index in [1.165, 1.54) is 25.5 Å². The molecule has 37 heavy (non-hydrogen) atoms. The van der Waals surface area contributed by atoms with Crippen LogP contribution in [0.15, 0.2) is 18.5 Å². The van der Waals surface area contributed by atoms with Crippen LogP contribution >= 0.6 is 0 Å². The van der Waals surface area contributed by atoms with E-state index in [0.29, 0.717) is 24.0 Å². The van der Waals surface area contributed by atoms with Crippen molar-refractivity contribution in [1.29, 1.82) is 5.26 Å².